The molecule has 0 saturated carbocycles. The lowest BCUT2D eigenvalue weighted by atomic mass is 10.1. The molecule has 6 nitrogen and oxygen atoms in total. The van der Waals surface area contributed by atoms with Crippen LogP contribution in [0.4, 0.5) is 13.2 Å². The van der Waals surface area contributed by atoms with E-state index < -0.39 is 11.7 Å². The molecule has 0 aliphatic carbocycles. The van der Waals surface area contributed by atoms with Gasteiger partial charge in [-0.25, -0.2) is 9.97 Å². The van der Waals surface area contributed by atoms with Crippen LogP contribution in [0.2, 0.25) is 0 Å². The van der Waals surface area contributed by atoms with Crippen LogP contribution in [0.25, 0.3) is 16.9 Å². The van der Waals surface area contributed by atoms with Crippen LogP contribution in [0, 0.1) is 0 Å². The summed E-state index contributed by atoms with van der Waals surface area (Å²) in [6.07, 6.45) is -1.47. The maximum atomic E-state index is 13.3. The fourth-order valence-corrected chi connectivity index (χ4v) is 2.01. The Morgan fingerprint density at radius 1 is 1.32 bits per heavy atom. The lowest BCUT2D eigenvalue weighted by Crippen LogP contribution is -2.10. The van der Waals surface area contributed by atoms with Crippen LogP contribution in [0.1, 0.15) is 24.5 Å². The van der Waals surface area contributed by atoms with E-state index in [1.807, 2.05) is 6.92 Å². The molecule has 2 rings (SSSR count). The van der Waals surface area contributed by atoms with Crippen molar-refractivity contribution < 1.29 is 27.5 Å². The SMILES string of the molecule is CCCOc1ccc(-c2ncc(C(C=O)=[N+]=[N-])cn2)c(C(F)(F)F)c1. The predicted octanol–water partition coefficient (Wildman–Crippen LogP) is 3.17. The van der Waals surface area contributed by atoms with Crippen molar-refractivity contribution in [2.75, 3.05) is 6.61 Å². The van der Waals surface area contributed by atoms with E-state index in [0.717, 1.165) is 18.5 Å². The summed E-state index contributed by atoms with van der Waals surface area (Å²) in [6, 6.07) is 3.53. The second-order valence-corrected chi connectivity index (χ2v) is 4.95. The van der Waals surface area contributed by atoms with E-state index in [2.05, 4.69) is 14.8 Å². The van der Waals surface area contributed by atoms with Gasteiger partial charge in [0.1, 0.15) is 11.3 Å². The number of nitrogens with zero attached hydrogens (tertiary/aromatic N) is 4. The van der Waals surface area contributed by atoms with E-state index in [-0.39, 0.29) is 34.7 Å². The highest BCUT2D eigenvalue weighted by Gasteiger charge is 2.35. The molecule has 0 aliphatic heterocycles. The van der Waals surface area contributed by atoms with Crippen molar-refractivity contribution >= 4 is 12.0 Å². The molecule has 0 unspecified atom stereocenters. The lowest BCUT2D eigenvalue weighted by Gasteiger charge is -2.14. The number of benzene rings is 1. The zero-order chi connectivity index (χ0) is 18.4. The third-order valence-electron chi connectivity index (χ3n) is 3.18. The van der Waals surface area contributed by atoms with Crippen molar-refractivity contribution in [3.05, 3.63) is 47.3 Å². The molecule has 0 N–H and O–H groups in total. The molecule has 1 aromatic carbocycles. The van der Waals surface area contributed by atoms with Crippen LogP contribution in [0.15, 0.2) is 30.6 Å². The van der Waals surface area contributed by atoms with E-state index in [9.17, 15) is 18.0 Å². The van der Waals surface area contributed by atoms with Gasteiger partial charge in [0.15, 0.2) is 5.82 Å². The molecule has 0 fully saturated rings. The van der Waals surface area contributed by atoms with Gasteiger partial charge in [-0.1, -0.05) is 6.92 Å². The van der Waals surface area contributed by atoms with E-state index >= 15 is 0 Å². The van der Waals surface area contributed by atoms with Crippen molar-refractivity contribution in [1.82, 2.24) is 9.97 Å². The first-order chi connectivity index (χ1) is 11.9. The van der Waals surface area contributed by atoms with Crippen molar-refractivity contribution in [2.24, 2.45) is 0 Å². The number of rotatable bonds is 6. The summed E-state index contributed by atoms with van der Waals surface area (Å²) in [5.74, 6) is -0.0773. The second-order valence-electron chi connectivity index (χ2n) is 4.95. The average molecular weight is 350 g/mol. The van der Waals surface area contributed by atoms with Gasteiger partial charge >= 0.3 is 11.9 Å². The lowest BCUT2D eigenvalue weighted by molar-refractivity contribution is -0.137. The number of aldehydes is 1. The molecule has 2 aromatic rings. The quantitative estimate of drug-likeness (QED) is 0.346. The van der Waals surface area contributed by atoms with Gasteiger partial charge in [-0.2, -0.15) is 18.0 Å². The maximum Gasteiger partial charge on any atom is 0.417 e. The van der Waals surface area contributed by atoms with Crippen molar-refractivity contribution in [3.63, 3.8) is 0 Å². The molecule has 0 aliphatic rings. The highest BCUT2D eigenvalue weighted by atomic mass is 19.4. The Hall–Kier alpha value is -3.06. The van der Waals surface area contributed by atoms with Gasteiger partial charge in [0.25, 0.3) is 0 Å². The Morgan fingerprint density at radius 3 is 2.52 bits per heavy atom. The summed E-state index contributed by atoms with van der Waals surface area (Å²) >= 11 is 0. The van der Waals surface area contributed by atoms with Gasteiger partial charge in [-0.15, -0.1) is 0 Å². The second kappa shape index (κ2) is 7.67. The minimum atomic E-state index is -4.62. The summed E-state index contributed by atoms with van der Waals surface area (Å²) in [5.41, 5.74) is 7.25. The molecular formula is C16H13F3N4O2. The monoisotopic (exact) mass is 350 g/mol. The van der Waals surface area contributed by atoms with Crippen LogP contribution in [0.5, 0.6) is 5.75 Å². The van der Waals surface area contributed by atoms with E-state index in [1.54, 1.807) is 0 Å². The number of ether oxygens (including phenoxy) is 1. The van der Waals surface area contributed by atoms with Gasteiger partial charge in [-0.3, -0.25) is 4.79 Å². The van der Waals surface area contributed by atoms with Crippen LogP contribution >= 0.6 is 0 Å². The fraction of sp³-hybridized carbons (Fsp3) is 0.250. The fourth-order valence-electron chi connectivity index (χ4n) is 2.01. The number of hydrogen-bond donors (Lipinski definition) is 0. The number of carbonyl (C=O) groups excluding carboxylic acids is 1. The third kappa shape index (κ3) is 4.27. The Balaban J connectivity index is 2.47. The zero-order valence-corrected chi connectivity index (χ0v) is 13.1. The molecule has 130 valence electrons. The Kier molecular flexibility index (Phi) is 5.61. The first-order valence-corrected chi connectivity index (χ1v) is 7.24. The van der Waals surface area contributed by atoms with E-state index in [4.69, 9.17) is 10.3 Å². The molecule has 0 spiro atoms. The summed E-state index contributed by atoms with van der Waals surface area (Å²) in [6.45, 7) is 2.15. The molecular weight excluding hydrogens is 337 g/mol. The maximum absolute atomic E-state index is 13.3. The summed E-state index contributed by atoms with van der Waals surface area (Å²) < 4.78 is 45.3. The number of alkyl halides is 3. The van der Waals surface area contributed by atoms with E-state index in [0.29, 0.717) is 13.0 Å². The van der Waals surface area contributed by atoms with Gasteiger partial charge in [0.2, 0.25) is 6.29 Å². The molecule has 0 bridgehead atoms. The summed E-state index contributed by atoms with van der Waals surface area (Å²) in [4.78, 5) is 21.1. The average Bonchev–Trinajstić information content (AvgIpc) is 2.61. The molecule has 0 radical (unpaired) electrons. The highest BCUT2D eigenvalue weighted by Crippen LogP contribution is 2.38. The number of hydrogen-bond acceptors (Lipinski definition) is 4. The molecule has 1 heterocycles. The molecule has 1 aromatic heterocycles. The first kappa shape index (κ1) is 18.3. The Morgan fingerprint density at radius 2 is 2.00 bits per heavy atom. The Labute approximate surface area is 140 Å². The number of halogens is 3. The zero-order valence-electron chi connectivity index (χ0n) is 13.1. The normalized spacial score (nSPS) is 10.9. The molecule has 9 heteroatoms. The summed E-state index contributed by atoms with van der Waals surface area (Å²) in [5, 5.41) is 0. The molecule has 0 saturated heterocycles. The van der Waals surface area contributed by atoms with Crippen LogP contribution in [-0.4, -0.2) is 33.4 Å². The number of carbonyl (C=O) groups is 1. The Bertz CT molecular complexity index is 813. The highest BCUT2D eigenvalue weighted by molar-refractivity contribution is 6.33. The van der Waals surface area contributed by atoms with Crippen LogP contribution in [-0.2, 0) is 11.0 Å². The standard InChI is InChI=1S/C16H13F3N4O2/c1-2-5-25-11-3-4-12(13(6-11)16(17,18)19)15-21-7-10(8-22-15)14(9-24)23-20/h3-4,6-9H,2,5H2,1H3. The van der Waals surface area contributed by atoms with Crippen LogP contribution < -0.4 is 4.74 Å². The van der Waals surface area contributed by atoms with Gasteiger partial charge in [0.05, 0.1) is 12.2 Å². The third-order valence-corrected chi connectivity index (χ3v) is 3.18. The van der Waals surface area contributed by atoms with E-state index in [1.165, 1.54) is 12.1 Å². The van der Waals surface area contributed by atoms with Gasteiger partial charge in [0, 0.05) is 18.0 Å². The smallest absolute Gasteiger partial charge is 0.417 e. The predicted molar refractivity (Wildman–Crippen MR) is 82.0 cm³/mol. The van der Waals surface area contributed by atoms with Crippen molar-refractivity contribution in [1.29, 1.82) is 0 Å². The first-order valence-electron chi connectivity index (χ1n) is 7.24. The molecule has 25 heavy (non-hydrogen) atoms. The topological polar surface area (TPSA) is 88.5 Å². The molecule has 0 amide bonds. The van der Waals surface area contributed by atoms with Crippen molar-refractivity contribution in [2.45, 2.75) is 19.5 Å². The van der Waals surface area contributed by atoms with Gasteiger partial charge in [-0.05, 0) is 24.6 Å². The molecule has 0 atom stereocenters. The minimum Gasteiger partial charge on any atom is -0.494 e. The van der Waals surface area contributed by atoms with Crippen LogP contribution in [0.3, 0.4) is 0 Å². The largest absolute Gasteiger partial charge is 0.494 e. The van der Waals surface area contributed by atoms with Gasteiger partial charge < -0.3 is 10.3 Å². The minimum absolute atomic E-state index is 0.0812. The summed E-state index contributed by atoms with van der Waals surface area (Å²) in [7, 11) is 0. The van der Waals surface area contributed by atoms with Crippen molar-refractivity contribution in [3.8, 4) is 17.1 Å². The number of aromatic nitrogens is 2.